The van der Waals surface area contributed by atoms with Gasteiger partial charge in [0.2, 0.25) is 0 Å². The highest BCUT2D eigenvalue weighted by atomic mass is 32.2. The lowest BCUT2D eigenvalue weighted by atomic mass is 10.2. The van der Waals surface area contributed by atoms with Gasteiger partial charge in [-0.1, -0.05) is 0 Å². The molecule has 56 valence electrons. The molecule has 0 atom stereocenters. The predicted molar refractivity (Wildman–Crippen MR) is 48.8 cm³/mol. The van der Waals surface area contributed by atoms with Crippen LogP contribution >= 0.6 is 11.8 Å². The van der Waals surface area contributed by atoms with Crippen molar-refractivity contribution in [3.05, 3.63) is 11.0 Å². The Labute approximate surface area is 66.6 Å². The molecule has 1 rings (SSSR count). The van der Waals surface area contributed by atoms with Crippen LogP contribution in [0.3, 0.4) is 0 Å². The molecule has 1 heterocycles. The van der Waals surface area contributed by atoms with Crippen molar-refractivity contribution in [3.8, 4) is 0 Å². The summed E-state index contributed by atoms with van der Waals surface area (Å²) in [6, 6.07) is 0. The van der Waals surface area contributed by atoms with Crippen LogP contribution in [0.4, 0.5) is 0 Å². The third kappa shape index (κ3) is 2.18. The third-order valence-corrected chi connectivity index (χ3v) is 2.36. The van der Waals surface area contributed by atoms with Crippen LogP contribution in [0.5, 0.6) is 0 Å². The fraction of sp³-hybridized carbons (Fsp3) is 0.625. The number of allylic oxidation sites excluding steroid dienone is 2. The summed E-state index contributed by atoms with van der Waals surface area (Å²) in [5, 5.41) is 0. The Kier molecular flexibility index (Phi) is 3.00. The van der Waals surface area contributed by atoms with Gasteiger partial charge in [0.05, 0.1) is 0 Å². The predicted octanol–water partition coefficient (Wildman–Crippen LogP) is 2.49. The van der Waals surface area contributed by atoms with Crippen molar-refractivity contribution in [3.63, 3.8) is 0 Å². The van der Waals surface area contributed by atoms with Gasteiger partial charge in [0.25, 0.3) is 0 Å². The molecule has 2 heteroatoms. The van der Waals surface area contributed by atoms with Crippen LogP contribution < -0.4 is 0 Å². The summed E-state index contributed by atoms with van der Waals surface area (Å²) in [7, 11) is 0. The summed E-state index contributed by atoms with van der Waals surface area (Å²) in [6.07, 6.45) is 6.71. The van der Waals surface area contributed by atoms with Crippen molar-refractivity contribution >= 4 is 17.5 Å². The normalized spacial score (nSPS) is 19.4. The van der Waals surface area contributed by atoms with Crippen LogP contribution in [0.2, 0.25) is 0 Å². The van der Waals surface area contributed by atoms with Crippen molar-refractivity contribution in [2.75, 3.05) is 12.8 Å². The molecule has 0 amide bonds. The summed E-state index contributed by atoms with van der Waals surface area (Å²) in [4.78, 5) is 5.71. The number of rotatable bonds is 2. The second-order valence-electron chi connectivity index (χ2n) is 2.44. The Bertz CT molecular complexity index is 170. The molecule has 1 aliphatic rings. The molecular weight excluding hydrogens is 142 g/mol. The highest BCUT2D eigenvalue weighted by Gasteiger charge is 2.02. The number of hydrogen-bond acceptors (Lipinski definition) is 2. The van der Waals surface area contributed by atoms with Crippen LogP contribution in [0, 0.1) is 0 Å². The molecule has 0 aromatic rings. The standard InChI is InChI=1S/C8H13NS/c1-7(10-2)6-8-4-3-5-9-8/h6H,3-5H2,1-2H3. The molecule has 1 aliphatic heterocycles. The monoisotopic (exact) mass is 155 g/mol. The van der Waals surface area contributed by atoms with Crippen LogP contribution in [0.1, 0.15) is 19.8 Å². The molecule has 0 fully saturated rings. The average Bonchev–Trinajstić information content (AvgIpc) is 2.40. The van der Waals surface area contributed by atoms with Gasteiger partial charge in [0, 0.05) is 12.3 Å². The van der Waals surface area contributed by atoms with E-state index in [0.29, 0.717) is 0 Å². The lowest BCUT2D eigenvalue weighted by molar-refractivity contribution is 0.951. The van der Waals surface area contributed by atoms with Gasteiger partial charge in [-0.25, -0.2) is 0 Å². The van der Waals surface area contributed by atoms with Gasteiger partial charge >= 0.3 is 0 Å². The molecular formula is C8H13NS. The largest absolute Gasteiger partial charge is 0.290 e. The van der Waals surface area contributed by atoms with Crippen molar-refractivity contribution in [2.24, 2.45) is 4.99 Å². The second kappa shape index (κ2) is 3.81. The first-order valence-electron chi connectivity index (χ1n) is 3.58. The van der Waals surface area contributed by atoms with Crippen LogP contribution in [0.25, 0.3) is 0 Å². The molecule has 0 aromatic heterocycles. The van der Waals surface area contributed by atoms with E-state index in [1.165, 1.54) is 23.5 Å². The zero-order valence-corrected chi connectivity index (χ0v) is 7.37. The number of hydrogen-bond donors (Lipinski definition) is 0. The zero-order chi connectivity index (χ0) is 7.40. The van der Waals surface area contributed by atoms with Crippen LogP contribution in [-0.2, 0) is 0 Å². The SMILES string of the molecule is CSC(C)=CC1=NCCC1. The molecule has 0 spiro atoms. The summed E-state index contributed by atoms with van der Waals surface area (Å²) < 4.78 is 0. The van der Waals surface area contributed by atoms with E-state index in [9.17, 15) is 0 Å². The van der Waals surface area contributed by atoms with Crippen molar-refractivity contribution < 1.29 is 0 Å². The van der Waals surface area contributed by atoms with E-state index < -0.39 is 0 Å². The van der Waals surface area contributed by atoms with Crippen LogP contribution in [0.15, 0.2) is 16.0 Å². The van der Waals surface area contributed by atoms with E-state index in [0.717, 1.165) is 6.54 Å². The second-order valence-corrected chi connectivity index (χ2v) is 3.49. The number of thioether (sulfide) groups is 1. The van der Waals surface area contributed by atoms with Gasteiger partial charge in [0.1, 0.15) is 0 Å². The fourth-order valence-electron chi connectivity index (χ4n) is 0.973. The maximum Gasteiger partial charge on any atom is 0.0396 e. The van der Waals surface area contributed by atoms with E-state index in [-0.39, 0.29) is 0 Å². The van der Waals surface area contributed by atoms with Gasteiger partial charge in [-0.15, -0.1) is 11.8 Å². The first-order valence-corrected chi connectivity index (χ1v) is 4.81. The highest BCUT2D eigenvalue weighted by molar-refractivity contribution is 8.02. The molecule has 0 radical (unpaired) electrons. The minimum atomic E-state index is 1.04. The molecule has 0 aromatic carbocycles. The molecule has 1 nitrogen and oxygen atoms in total. The lowest BCUT2D eigenvalue weighted by Gasteiger charge is -1.93. The van der Waals surface area contributed by atoms with Gasteiger partial charge in [-0.05, 0) is 37.0 Å². The van der Waals surface area contributed by atoms with Gasteiger partial charge < -0.3 is 0 Å². The summed E-state index contributed by atoms with van der Waals surface area (Å²) in [6.45, 7) is 3.17. The first kappa shape index (κ1) is 7.86. The average molecular weight is 155 g/mol. The molecule has 10 heavy (non-hydrogen) atoms. The van der Waals surface area contributed by atoms with Crippen molar-refractivity contribution in [1.29, 1.82) is 0 Å². The quantitative estimate of drug-likeness (QED) is 0.596. The molecule has 0 aliphatic carbocycles. The molecule has 0 unspecified atom stereocenters. The third-order valence-electron chi connectivity index (χ3n) is 1.60. The Hall–Kier alpha value is -0.240. The maximum atomic E-state index is 4.35. The zero-order valence-electron chi connectivity index (χ0n) is 6.55. The van der Waals surface area contributed by atoms with Crippen molar-refractivity contribution in [1.82, 2.24) is 0 Å². The van der Waals surface area contributed by atoms with E-state index in [1.807, 2.05) is 0 Å². The molecule has 0 bridgehead atoms. The van der Waals surface area contributed by atoms with Crippen molar-refractivity contribution in [2.45, 2.75) is 19.8 Å². The minimum Gasteiger partial charge on any atom is -0.290 e. The van der Waals surface area contributed by atoms with Gasteiger partial charge in [0.15, 0.2) is 0 Å². The first-order chi connectivity index (χ1) is 4.83. The molecule has 0 saturated heterocycles. The highest BCUT2D eigenvalue weighted by Crippen LogP contribution is 2.13. The fourth-order valence-corrected chi connectivity index (χ4v) is 1.23. The smallest absolute Gasteiger partial charge is 0.0396 e. The van der Waals surface area contributed by atoms with E-state index in [4.69, 9.17) is 0 Å². The van der Waals surface area contributed by atoms with Gasteiger partial charge in [-0.2, -0.15) is 0 Å². The van der Waals surface area contributed by atoms with Crippen LogP contribution in [-0.4, -0.2) is 18.5 Å². The summed E-state index contributed by atoms with van der Waals surface area (Å²) >= 11 is 1.79. The van der Waals surface area contributed by atoms with E-state index in [1.54, 1.807) is 11.8 Å². The van der Waals surface area contributed by atoms with E-state index in [2.05, 4.69) is 24.2 Å². The Morgan fingerprint density at radius 1 is 1.70 bits per heavy atom. The number of aliphatic imine (C=N–C) groups is 1. The maximum absolute atomic E-state index is 4.35. The Balaban J connectivity index is 2.50. The minimum absolute atomic E-state index is 1.04. The topological polar surface area (TPSA) is 12.4 Å². The number of nitrogens with zero attached hydrogens (tertiary/aromatic N) is 1. The van der Waals surface area contributed by atoms with E-state index >= 15 is 0 Å². The summed E-state index contributed by atoms with van der Waals surface area (Å²) in [5.74, 6) is 0. The Morgan fingerprint density at radius 3 is 3.00 bits per heavy atom. The van der Waals surface area contributed by atoms with Gasteiger partial charge in [-0.3, -0.25) is 4.99 Å². The molecule has 0 N–H and O–H groups in total. The lowest BCUT2D eigenvalue weighted by Crippen LogP contribution is -1.85. The summed E-state index contributed by atoms with van der Waals surface area (Å²) in [5.41, 5.74) is 1.28. The Morgan fingerprint density at radius 2 is 2.50 bits per heavy atom. The molecule has 0 saturated carbocycles.